The van der Waals surface area contributed by atoms with Crippen molar-refractivity contribution in [3.05, 3.63) is 17.5 Å². The maximum Gasteiger partial charge on any atom is 0.435 e. The number of aromatic nitrogens is 2. The summed E-state index contributed by atoms with van der Waals surface area (Å²) in [5.41, 5.74) is -0.424. The summed E-state index contributed by atoms with van der Waals surface area (Å²) in [6.07, 6.45) is -2.79. The first-order valence-corrected chi connectivity index (χ1v) is 6.67. The molecule has 1 unspecified atom stereocenters. The maximum absolute atomic E-state index is 12.8. The Morgan fingerprint density at radius 3 is 2.45 bits per heavy atom. The summed E-state index contributed by atoms with van der Waals surface area (Å²) in [7, 11) is 0. The fourth-order valence-corrected chi connectivity index (χ4v) is 2.06. The van der Waals surface area contributed by atoms with Gasteiger partial charge in [-0.3, -0.25) is 9.48 Å². The van der Waals surface area contributed by atoms with Crippen LogP contribution >= 0.6 is 0 Å². The summed E-state index contributed by atoms with van der Waals surface area (Å²) < 4.78 is 39.5. The Morgan fingerprint density at radius 1 is 1.40 bits per heavy atom. The number of rotatable bonds is 4. The molecule has 0 spiro atoms. The van der Waals surface area contributed by atoms with Crippen LogP contribution in [0.1, 0.15) is 57.0 Å². The van der Waals surface area contributed by atoms with Crippen LogP contribution in [0.15, 0.2) is 6.07 Å². The lowest BCUT2D eigenvalue weighted by Gasteiger charge is -2.17. The van der Waals surface area contributed by atoms with Crippen LogP contribution in [-0.2, 0) is 11.0 Å². The molecule has 1 heterocycles. The molecule has 2 rings (SSSR count). The van der Waals surface area contributed by atoms with Crippen molar-refractivity contribution in [1.29, 1.82) is 0 Å². The van der Waals surface area contributed by atoms with Crippen molar-refractivity contribution >= 4 is 5.91 Å². The Hall–Kier alpha value is -1.53. The normalized spacial score (nSPS) is 17.4. The van der Waals surface area contributed by atoms with Crippen LogP contribution in [0.25, 0.3) is 0 Å². The van der Waals surface area contributed by atoms with E-state index in [0.29, 0.717) is 5.69 Å². The highest BCUT2D eigenvalue weighted by molar-refractivity contribution is 5.80. The minimum atomic E-state index is -4.48. The molecular formula is C13H18F3N3O. The van der Waals surface area contributed by atoms with Crippen LogP contribution < -0.4 is 5.32 Å². The molecule has 0 aromatic carbocycles. The maximum atomic E-state index is 12.8. The van der Waals surface area contributed by atoms with Crippen molar-refractivity contribution in [2.75, 3.05) is 0 Å². The van der Waals surface area contributed by atoms with E-state index in [1.165, 1.54) is 4.68 Å². The highest BCUT2D eigenvalue weighted by Gasteiger charge is 2.39. The van der Waals surface area contributed by atoms with Gasteiger partial charge in [0.2, 0.25) is 5.91 Å². The highest BCUT2D eigenvalue weighted by Crippen LogP contribution is 2.42. The van der Waals surface area contributed by atoms with Crippen LogP contribution in [0.2, 0.25) is 0 Å². The molecule has 112 valence electrons. The van der Waals surface area contributed by atoms with Gasteiger partial charge in [0.15, 0.2) is 5.69 Å². The molecule has 0 bridgehead atoms. The summed E-state index contributed by atoms with van der Waals surface area (Å²) >= 11 is 0. The average Bonchev–Trinajstić information content (AvgIpc) is 3.04. The van der Waals surface area contributed by atoms with Crippen LogP contribution in [0.5, 0.6) is 0 Å². The van der Waals surface area contributed by atoms with Crippen LogP contribution in [-0.4, -0.2) is 21.7 Å². The third-order valence-corrected chi connectivity index (χ3v) is 3.23. The Balaban J connectivity index is 2.29. The molecule has 4 nitrogen and oxygen atoms in total. The second kappa shape index (κ2) is 5.10. The Morgan fingerprint density at radius 2 is 2.00 bits per heavy atom. The van der Waals surface area contributed by atoms with E-state index >= 15 is 0 Å². The lowest BCUT2D eigenvalue weighted by Crippen LogP contribution is -2.36. The quantitative estimate of drug-likeness (QED) is 0.926. The molecule has 1 aliphatic rings. The number of halogens is 3. The van der Waals surface area contributed by atoms with Gasteiger partial charge < -0.3 is 5.32 Å². The molecule has 1 aromatic heterocycles. The van der Waals surface area contributed by atoms with Gasteiger partial charge in [0, 0.05) is 17.7 Å². The molecule has 1 saturated carbocycles. The Kier molecular flexibility index (Phi) is 3.80. The first kappa shape index (κ1) is 14.9. The van der Waals surface area contributed by atoms with E-state index in [4.69, 9.17) is 0 Å². The topological polar surface area (TPSA) is 46.9 Å². The summed E-state index contributed by atoms with van der Waals surface area (Å²) in [6, 6.07) is 0.257. The number of carbonyl (C=O) groups excluding carboxylic acids is 1. The monoisotopic (exact) mass is 289 g/mol. The van der Waals surface area contributed by atoms with E-state index in [0.717, 1.165) is 18.9 Å². The highest BCUT2D eigenvalue weighted by atomic mass is 19.4. The van der Waals surface area contributed by atoms with E-state index in [1.807, 2.05) is 0 Å². The van der Waals surface area contributed by atoms with Gasteiger partial charge in [-0.25, -0.2) is 0 Å². The Bertz CT molecular complexity index is 503. The predicted molar refractivity (Wildman–Crippen MR) is 67.2 cm³/mol. The number of amides is 1. The molecule has 1 aromatic rings. The van der Waals surface area contributed by atoms with Gasteiger partial charge in [0.1, 0.15) is 6.04 Å². The SMILES string of the molecule is CC(C)NC(=O)C(C)n1nc(C(F)(F)F)cc1C1CC1. The summed E-state index contributed by atoms with van der Waals surface area (Å²) in [5.74, 6) is -0.230. The van der Waals surface area contributed by atoms with Crippen molar-refractivity contribution < 1.29 is 18.0 Å². The number of carbonyl (C=O) groups is 1. The van der Waals surface area contributed by atoms with Crippen molar-refractivity contribution in [2.24, 2.45) is 0 Å². The smallest absolute Gasteiger partial charge is 0.352 e. The number of hydrogen-bond donors (Lipinski definition) is 1. The molecule has 0 saturated heterocycles. The first-order chi connectivity index (χ1) is 9.20. The number of nitrogens with one attached hydrogen (secondary N) is 1. The second-order valence-corrected chi connectivity index (χ2v) is 5.51. The van der Waals surface area contributed by atoms with Gasteiger partial charge in [-0.15, -0.1) is 0 Å². The molecule has 1 fully saturated rings. The number of alkyl halides is 3. The van der Waals surface area contributed by atoms with Crippen LogP contribution in [0.4, 0.5) is 13.2 Å². The lowest BCUT2D eigenvalue weighted by atomic mass is 10.2. The first-order valence-electron chi connectivity index (χ1n) is 6.67. The molecule has 1 aliphatic carbocycles. The predicted octanol–water partition coefficient (Wildman–Crippen LogP) is 2.86. The van der Waals surface area contributed by atoms with Crippen molar-refractivity contribution in [1.82, 2.24) is 15.1 Å². The van der Waals surface area contributed by atoms with Gasteiger partial charge in [-0.05, 0) is 39.7 Å². The van der Waals surface area contributed by atoms with E-state index in [1.54, 1.807) is 20.8 Å². The second-order valence-electron chi connectivity index (χ2n) is 5.51. The fraction of sp³-hybridized carbons (Fsp3) is 0.692. The average molecular weight is 289 g/mol. The molecule has 20 heavy (non-hydrogen) atoms. The largest absolute Gasteiger partial charge is 0.435 e. The van der Waals surface area contributed by atoms with Gasteiger partial charge in [-0.1, -0.05) is 0 Å². The minimum absolute atomic E-state index is 0.0630. The summed E-state index contributed by atoms with van der Waals surface area (Å²) in [6.45, 7) is 5.17. The molecule has 1 N–H and O–H groups in total. The van der Waals surface area contributed by atoms with Crippen LogP contribution in [0.3, 0.4) is 0 Å². The van der Waals surface area contributed by atoms with E-state index in [2.05, 4.69) is 10.4 Å². The Labute approximate surface area is 115 Å². The van der Waals surface area contributed by atoms with Gasteiger partial charge in [0.25, 0.3) is 0 Å². The minimum Gasteiger partial charge on any atom is -0.352 e. The van der Waals surface area contributed by atoms with Gasteiger partial charge in [-0.2, -0.15) is 18.3 Å². The fourth-order valence-electron chi connectivity index (χ4n) is 2.06. The zero-order valence-electron chi connectivity index (χ0n) is 11.7. The van der Waals surface area contributed by atoms with Crippen molar-refractivity contribution in [2.45, 2.75) is 57.8 Å². The molecule has 1 amide bonds. The summed E-state index contributed by atoms with van der Waals surface area (Å²) in [5, 5.41) is 6.30. The van der Waals surface area contributed by atoms with E-state index < -0.39 is 17.9 Å². The molecule has 1 atom stereocenters. The standard InChI is InChI=1S/C13H18F3N3O/c1-7(2)17-12(20)8(3)19-10(9-4-5-9)6-11(18-19)13(14,15)16/h6-9H,4-5H2,1-3H3,(H,17,20). The lowest BCUT2D eigenvalue weighted by molar-refractivity contribution is -0.142. The zero-order valence-corrected chi connectivity index (χ0v) is 11.7. The van der Waals surface area contributed by atoms with Crippen LogP contribution in [0, 0.1) is 0 Å². The van der Waals surface area contributed by atoms with Crippen molar-refractivity contribution in [3.8, 4) is 0 Å². The van der Waals surface area contributed by atoms with Gasteiger partial charge in [0.05, 0.1) is 0 Å². The van der Waals surface area contributed by atoms with E-state index in [-0.39, 0.29) is 17.9 Å². The van der Waals surface area contributed by atoms with Gasteiger partial charge >= 0.3 is 6.18 Å². The molecule has 0 aliphatic heterocycles. The third-order valence-electron chi connectivity index (χ3n) is 3.23. The molecule has 0 radical (unpaired) electrons. The van der Waals surface area contributed by atoms with E-state index in [9.17, 15) is 18.0 Å². The number of hydrogen-bond acceptors (Lipinski definition) is 2. The third kappa shape index (κ3) is 3.13. The molecule has 7 heteroatoms. The molecular weight excluding hydrogens is 271 g/mol. The zero-order chi connectivity index (χ0) is 15.1. The summed E-state index contributed by atoms with van der Waals surface area (Å²) in [4.78, 5) is 12.0. The van der Waals surface area contributed by atoms with Crippen molar-refractivity contribution in [3.63, 3.8) is 0 Å². The number of nitrogens with zero attached hydrogens (tertiary/aromatic N) is 2.